The molecule has 2 aliphatic heterocycles. The summed E-state index contributed by atoms with van der Waals surface area (Å²) in [7, 11) is 1.55. The van der Waals surface area contributed by atoms with Crippen LogP contribution in [0.2, 0.25) is 0 Å². The molecule has 3 heterocycles. The largest absolute Gasteiger partial charge is 0.508 e. The van der Waals surface area contributed by atoms with Crippen LogP contribution in [0.25, 0.3) is 17.2 Å². The highest BCUT2D eigenvalue weighted by atomic mass is 16.5. The summed E-state index contributed by atoms with van der Waals surface area (Å²) >= 11 is 0. The minimum atomic E-state index is -0.788. The Hall–Kier alpha value is -5.75. The van der Waals surface area contributed by atoms with Crippen molar-refractivity contribution in [3.8, 4) is 39.9 Å². The van der Waals surface area contributed by atoms with Gasteiger partial charge in [-0.05, 0) is 115 Å². The minimum Gasteiger partial charge on any atom is -0.508 e. The number of phenols is 1. The Morgan fingerprint density at radius 2 is 1.66 bits per heavy atom. The van der Waals surface area contributed by atoms with E-state index >= 15 is 0 Å². The number of benzene rings is 4. The number of nitrogens with one attached hydrogen (secondary N) is 1. The third-order valence-corrected chi connectivity index (χ3v) is 15.0. The molecule has 4 aliphatic rings. The SMILES string of the molecule is COc1c(OCCCO)c(CCc2cccc(-c3cc(C4(C)CCCC45CCCC5)[n-]c3N3CCNCC3)c2)c2c(c1OCCC(O)C=Cc1ccccc1)C(=[OH+])CC(c1ccc(O)cc1)O2. The topological polar surface area (TPSA) is 148 Å². The fraction of sp³-hybridized carbons (Fsp3) is 0.446. The van der Waals surface area contributed by atoms with Crippen LogP contribution in [0, 0.1) is 5.41 Å². The average Bonchev–Trinajstić information content (AvgIpc) is 4.11. The van der Waals surface area contributed by atoms with E-state index < -0.39 is 12.2 Å². The Morgan fingerprint density at radius 3 is 2.42 bits per heavy atom. The highest BCUT2D eigenvalue weighted by molar-refractivity contribution is 6.05. The first-order valence-electron chi connectivity index (χ1n) is 24.5. The van der Waals surface area contributed by atoms with Crippen LogP contribution >= 0.6 is 0 Å². The Kier molecular flexibility index (Phi) is 14.3. The van der Waals surface area contributed by atoms with Gasteiger partial charge < -0.3 is 49.5 Å². The van der Waals surface area contributed by atoms with Crippen molar-refractivity contribution >= 4 is 17.7 Å². The molecule has 0 amide bonds. The molecule has 67 heavy (non-hydrogen) atoms. The first-order valence-corrected chi connectivity index (χ1v) is 24.5. The van der Waals surface area contributed by atoms with Crippen LogP contribution in [0.4, 0.5) is 5.82 Å². The van der Waals surface area contributed by atoms with E-state index in [1.165, 1.54) is 56.2 Å². The van der Waals surface area contributed by atoms with E-state index in [-0.39, 0.29) is 55.4 Å². The molecule has 1 spiro atoms. The summed E-state index contributed by atoms with van der Waals surface area (Å²) in [6.45, 7) is 6.44. The molecule has 3 fully saturated rings. The summed E-state index contributed by atoms with van der Waals surface area (Å²) in [6.07, 6.45) is 13.1. The zero-order valence-electron chi connectivity index (χ0n) is 39.1. The van der Waals surface area contributed by atoms with Crippen LogP contribution in [0.3, 0.4) is 0 Å². The molecule has 4 aromatic carbocycles. The van der Waals surface area contributed by atoms with Crippen LogP contribution in [-0.4, -0.2) is 85.1 Å². The number of hydrogen-bond donors (Lipinski definition) is 4. The number of hydrogen-bond acceptors (Lipinski definition) is 9. The molecule has 3 atom stereocenters. The summed E-state index contributed by atoms with van der Waals surface area (Å²) in [4.78, 5) is 20.1. The average molecular weight is 910 g/mol. The van der Waals surface area contributed by atoms with Crippen molar-refractivity contribution in [2.75, 3.05) is 58.0 Å². The second-order valence-corrected chi connectivity index (χ2v) is 19.1. The van der Waals surface area contributed by atoms with Crippen LogP contribution in [-0.2, 0) is 18.3 Å². The van der Waals surface area contributed by atoms with E-state index in [0.29, 0.717) is 53.1 Å². The van der Waals surface area contributed by atoms with E-state index in [9.17, 15) is 20.1 Å². The number of nitrogens with zero attached hydrogens (tertiary/aromatic N) is 2. The molecule has 1 saturated heterocycles. The van der Waals surface area contributed by atoms with Gasteiger partial charge in [0.05, 0.1) is 26.4 Å². The summed E-state index contributed by atoms with van der Waals surface area (Å²) in [5.74, 6) is 2.70. The monoisotopic (exact) mass is 909 g/mol. The number of aliphatic hydroxyl groups is 2. The van der Waals surface area contributed by atoms with Gasteiger partial charge in [-0.3, -0.25) is 4.79 Å². The molecular weight excluding hydrogens is 843 g/mol. The summed E-state index contributed by atoms with van der Waals surface area (Å²) in [5, 5.41) is 34.4. The predicted molar refractivity (Wildman–Crippen MR) is 264 cm³/mol. The number of aryl methyl sites for hydroxylation is 1. The minimum absolute atomic E-state index is 0.0579. The molecule has 0 radical (unpaired) electrons. The molecule has 2 aliphatic carbocycles. The standard InChI is InChI=1S/C56H66N3O8/c1-55(24-9-27-56(55)25-6-7-26-56)48-36-45(54(58-48)59-30-28-57-29-31-59)41-14-8-13-39(35-41)16-22-44-50-49(46(63)37-47(67-50)40-17-20-42(61)21-18-40)52(53(64-2)51(44)65-33-10-32-60)66-34-23-43(62)19-15-38-11-4-3-5-12-38/h3-5,8,11-15,17-21,35-36,43,47,57,60-62H,6-7,9-10,16,22-34,37H2,1-2H3/q-1/p+1. The lowest BCUT2D eigenvalue weighted by Crippen LogP contribution is -2.44. The summed E-state index contributed by atoms with van der Waals surface area (Å²) < 4.78 is 26.1. The maximum absolute atomic E-state index is 12.0. The number of piperazine rings is 1. The molecule has 0 bridgehead atoms. The Bertz CT molecular complexity index is 2500. The normalized spacial score (nSPS) is 20.6. The fourth-order valence-electron chi connectivity index (χ4n) is 11.3. The number of phenolic OH excluding ortho intramolecular Hbond substituents is 1. The predicted octanol–water partition coefficient (Wildman–Crippen LogP) is 9.24. The number of aliphatic hydroxyl groups excluding tert-OH is 2. The molecule has 2 saturated carbocycles. The molecule has 11 nitrogen and oxygen atoms in total. The van der Waals surface area contributed by atoms with E-state index in [0.717, 1.165) is 54.3 Å². The van der Waals surface area contributed by atoms with Gasteiger partial charge in [-0.1, -0.05) is 123 Å². The van der Waals surface area contributed by atoms with Crippen LogP contribution in [0.1, 0.15) is 111 Å². The van der Waals surface area contributed by atoms with Gasteiger partial charge >= 0.3 is 5.78 Å². The van der Waals surface area contributed by atoms with Gasteiger partial charge in [-0.2, -0.15) is 0 Å². The number of aromatic nitrogens is 1. The lowest BCUT2D eigenvalue weighted by Gasteiger charge is -2.43. The van der Waals surface area contributed by atoms with Gasteiger partial charge in [-0.15, -0.1) is 0 Å². The maximum Gasteiger partial charge on any atom is 0.335 e. The highest BCUT2D eigenvalue weighted by Crippen LogP contribution is 2.62. The van der Waals surface area contributed by atoms with Crippen LogP contribution in [0.5, 0.6) is 28.7 Å². The third-order valence-electron chi connectivity index (χ3n) is 15.0. The highest BCUT2D eigenvalue weighted by Gasteiger charge is 2.53. The number of rotatable bonds is 18. The van der Waals surface area contributed by atoms with E-state index in [4.69, 9.17) is 23.9 Å². The van der Waals surface area contributed by atoms with E-state index in [2.05, 4.69) is 47.5 Å². The first kappa shape index (κ1) is 46.4. The second-order valence-electron chi connectivity index (χ2n) is 19.1. The van der Waals surface area contributed by atoms with Crippen molar-refractivity contribution in [2.45, 2.75) is 102 Å². The van der Waals surface area contributed by atoms with Crippen molar-refractivity contribution in [3.63, 3.8) is 0 Å². The molecule has 5 aromatic rings. The first-order chi connectivity index (χ1) is 32.7. The van der Waals surface area contributed by atoms with E-state index in [1.54, 1.807) is 37.5 Å². The quantitative estimate of drug-likeness (QED) is 0.0496. The number of methoxy groups -OCH3 is 1. The number of ether oxygens (including phenoxy) is 4. The van der Waals surface area contributed by atoms with Gasteiger partial charge in [0.15, 0.2) is 17.1 Å². The third kappa shape index (κ3) is 9.69. The van der Waals surface area contributed by atoms with Crippen LogP contribution in [0.15, 0.2) is 91.0 Å². The van der Waals surface area contributed by atoms with Gasteiger partial charge in [0, 0.05) is 25.0 Å². The number of anilines is 1. The lowest BCUT2D eigenvalue weighted by molar-refractivity contribution is 0.170. The molecule has 5 N–H and O–H groups in total. The molecular formula is C56H67N3O8. The van der Waals surface area contributed by atoms with Crippen molar-refractivity contribution in [1.29, 1.82) is 0 Å². The zero-order chi connectivity index (χ0) is 46.4. The van der Waals surface area contributed by atoms with Crippen molar-refractivity contribution in [2.24, 2.45) is 5.41 Å². The van der Waals surface area contributed by atoms with Gasteiger partial charge in [0.25, 0.3) is 0 Å². The molecule has 1 aromatic heterocycles. The molecule has 11 heteroatoms. The molecule has 354 valence electrons. The maximum atomic E-state index is 12.0. The Morgan fingerprint density at radius 1 is 0.896 bits per heavy atom. The summed E-state index contributed by atoms with van der Waals surface area (Å²) in [6, 6.07) is 27.8. The fourth-order valence-corrected chi connectivity index (χ4v) is 11.3. The van der Waals surface area contributed by atoms with Gasteiger partial charge in [0.2, 0.25) is 5.75 Å². The van der Waals surface area contributed by atoms with Gasteiger partial charge in [-0.25, -0.2) is 0 Å². The smallest absolute Gasteiger partial charge is 0.335 e. The number of carbonyl (C=O) groups excluding carboxylic acids is 1. The summed E-state index contributed by atoms with van der Waals surface area (Å²) in [5.41, 5.74) is 7.96. The second kappa shape index (κ2) is 20.6. The van der Waals surface area contributed by atoms with Crippen molar-refractivity contribution in [1.82, 2.24) is 10.3 Å². The van der Waals surface area contributed by atoms with Gasteiger partial charge in [0.1, 0.15) is 24.0 Å². The van der Waals surface area contributed by atoms with Crippen LogP contribution < -0.4 is 34.1 Å². The number of fused-ring (bicyclic) bond motifs is 1. The number of ketones is 1. The van der Waals surface area contributed by atoms with Crippen molar-refractivity contribution in [3.05, 3.63) is 125 Å². The Labute approximate surface area is 395 Å². The van der Waals surface area contributed by atoms with E-state index in [1.807, 2.05) is 36.4 Å². The number of aromatic hydroxyl groups is 1. The Balaban J connectivity index is 1.07. The lowest BCUT2D eigenvalue weighted by atomic mass is 9.64. The zero-order valence-corrected chi connectivity index (χ0v) is 39.1. The molecule has 9 rings (SSSR count). The molecule has 3 unspecified atom stereocenters. The van der Waals surface area contributed by atoms with Crippen molar-refractivity contribution < 1.29 is 39.1 Å².